The number of amides is 2. The van der Waals surface area contributed by atoms with E-state index in [-0.39, 0.29) is 17.9 Å². The molecule has 1 aromatic rings. The van der Waals surface area contributed by atoms with Gasteiger partial charge in [-0.05, 0) is 6.07 Å². The molecule has 0 fully saturated rings. The smallest absolute Gasteiger partial charge is 0.254 e. The monoisotopic (exact) mass is 215 g/mol. The summed E-state index contributed by atoms with van der Waals surface area (Å²) in [7, 11) is 0. The first-order chi connectivity index (χ1) is 7.77. The van der Waals surface area contributed by atoms with Gasteiger partial charge in [0.05, 0.1) is 0 Å². The van der Waals surface area contributed by atoms with Crippen LogP contribution in [0.3, 0.4) is 0 Å². The van der Waals surface area contributed by atoms with Gasteiger partial charge in [-0.2, -0.15) is 0 Å². The molecular weight excluding hydrogens is 206 g/mol. The first-order valence-corrected chi connectivity index (χ1v) is 5.04. The second-order valence-electron chi connectivity index (χ2n) is 3.74. The molecule has 4 heteroatoms. The van der Waals surface area contributed by atoms with Crippen LogP contribution in [0.25, 0.3) is 0 Å². The molecule has 80 valence electrons. The van der Waals surface area contributed by atoms with Crippen LogP contribution >= 0.6 is 0 Å². The standard InChI is InChI=1S/C12H9NO3/c14-11-5-6-12(15)13(11)9-7-16-10-4-2-1-3-8(9)10/h1-6,9H,7H2. The molecule has 0 spiro atoms. The number of carbonyl (C=O) groups excluding carboxylic acids is 2. The lowest BCUT2D eigenvalue weighted by molar-refractivity contribution is -0.139. The van der Waals surface area contributed by atoms with Gasteiger partial charge in [0.15, 0.2) is 0 Å². The molecule has 2 amide bonds. The van der Waals surface area contributed by atoms with E-state index in [4.69, 9.17) is 4.74 Å². The lowest BCUT2D eigenvalue weighted by atomic mass is 10.1. The molecule has 3 rings (SSSR count). The van der Waals surface area contributed by atoms with Crippen LogP contribution in [0.1, 0.15) is 11.6 Å². The number of fused-ring (bicyclic) bond motifs is 1. The van der Waals surface area contributed by atoms with Crippen molar-refractivity contribution >= 4 is 11.8 Å². The number of ether oxygens (including phenoxy) is 1. The molecule has 2 heterocycles. The fourth-order valence-corrected chi connectivity index (χ4v) is 2.08. The van der Waals surface area contributed by atoms with Crippen LogP contribution in [0, 0.1) is 0 Å². The van der Waals surface area contributed by atoms with Crippen molar-refractivity contribution in [3.63, 3.8) is 0 Å². The fraction of sp³-hybridized carbons (Fsp3) is 0.167. The molecule has 2 aliphatic rings. The van der Waals surface area contributed by atoms with Gasteiger partial charge in [0.2, 0.25) is 0 Å². The van der Waals surface area contributed by atoms with Crippen LogP contribution in [0.4, 0.5) is 0 Å². The van der Waals surface area contributed by atoms with Gasteiger partial charge >= 0.3 is 0 Å². The normalized spacial score (nSPS) is 22.5. The summed E-state index contributed by atoms with van der Waals surface area (Å²) in [5.41, 5.74) is 0.896. The van der Waals surface area contributed by atoms with Crippen molar-refractivity contribution in [3.8, 4) is 5.75 Å². The lowest BCUT2D eigenvalue weighted by Crippen LogP contribution is -2.35. The fourth-order valence-electron chi connectivity index (χ4n) is 2.08. The largest absolute Gasteiger partial charge is 0.491 e. The summed E-state index contributed by atoms with van der Waals surface area (Å²) in [6.07, 6.45) is 2.59. The zero-order chi connectivity index (χ0) is 11.1. The average molecular weight is 215 g/mol. The van der Waals surface area contributed by atoms with Crippen LogP contribution in [0.5, 0.6) is 5.75 Å². The predicted octanol–water partition coefficient (Wildman–Crippen LogP) is 1.05. The molecule has 16 heavy (non-hydrogen) atoms. The highest BCUT2D eigenvalue weighted by atomic mass is 16.5. The van der Waals surface area contributed by atoms with E-state index < -0.39 is 0 Å². The number of rotatable bonds is 1. The Labute approximate surface area is 92.1 Å². The average Bonchev–Trinajstić information content (AvgIpc) is 2.83. The number of carbonyl (C=O) groups is 2. The van der Waals surface area contributed by atoms with E-state index >= 15 is 0 Å². The molecule has 0 saturated heterocycles. The molecule has 2 aliphatic heterocycles. The maximum absolute atomic E-state index is 11.5. The molecule has 1 unspecified atom stereocenters. The van der Waals surface area contributed by atoms with Crippen molar-refractivity contribution in [2.75, 3.05) is 6.61 Å². The van der Waals surface area contributed by atoms with E-state index in [0.717, 1.165) is 11.3 Å². The summed E-state index contributed by atoms with van der Waals surface area (Å²) in [6.45, 7) is 0.346. The van der Waals surface area contributed by atoms with Gasteiger partial charge in [0.1, 0.15) is 18.4 Å². The summed E-state index contributed by atoms with van der Waals surface area (Å²) in [5.74, 6) is 0.214. The van der Waals surface area contributed by atoms with Crippen molar-refractivity contribution < 1.29 is 14.3 Å². The van der Waals surface area contributed by atoms with Crippen LogP contribution in [0.2, 0.25) is 0 Å². The highest BCUT2D eigenvalue weighted by Gasteiger charge is 2.37. The summed E-state index contributed by atoms with van der Waals surface area (Å²) in [5, 5.41) is 0. The van der Waals surface area contributed by atoms with Crippen molar-refractivity contribution in [1.29, 1.82) is 0 Å². The van der Waals surface area contributed by atoms with E-state index in [0.29, 0.717) is 6.61 Å². The van der Waals surface area contributed by atoms with E-state index in [1.165, 1.54) is 17.1 Å². The summed E-state index contributed by atoms with van der Waals surface area (Å²) < 4.78 is 5.45. The lowest BCUT2D eigenvalue weighted by Gasteiger charge is -2.20. The van der Waals surface area contributed by atoms with Crippen LogP contribution in [-0.2, 0) is 9.59 Å². The first-order valence-electron chi connectivity index (χ1n) is 5.04. The maximum atomic E-state index is 11.5. The van der Waals surface area contributed by atoms with Crippen molar-refractivity contribution in [2.24, 2.45) is 0 Å². The minimum absolute atomic E-state index is 0.268. The molecule has 4 nitrogen and oxygen atoms in total. The van der Waals surface area contributed by atoms with Gasteiger partial charge in [-0.3, -0.25) is 14.5 Å². The Kier molecular flexibility index (Phi) is 1.83. The Balaban J connectivity index is 1.99. The van der Waals surface area contributed by atoms with Crippen LogP contribution in [-0.4, -0.2) is 23.3 Å². The summed E-state index contributed by atoms with van der Waals surface area (Å²) in [4.78, 5) is 24.3. The second-order valence-corrected chi connectivity index (χ2v) is 3.74. The highest BCUT2D eigenvalue weighted by molar-refractivity contribution is 6.13. The van der Waals surface area contributed by atoms with Crippen LogP contribution in [0.15, 0.2) is 36.4 Å². The molecule has 0 aliphatic carbocycles. The number of hydrogen-bond donors (Lipinski definition) is 0. The van der Waals surface area contributed by atoms with Crippen LogP contribution < -0.4 is 4.74 Å². The number of hydrogen-bond acceptors (Lipinski definition) is 3. The van der Waals surface area contributed by atoms with E-state index in [9.17, 15) is 9.59 Å². The quantitative estimate of drug-likeness (QED) is 0.658. The second kappa shape index (κ2) is 3.20. The third-order valence-corrected chi connectivity index (χ3v) is 2.83. The topological polar surface area (TPSA) is 46.6 Å². The minimum Gasteiger partial charge on any atom is -0.491 e. The Hall–Kier alpha value is -2.10. The molecule has 0 N–H and O–H groups in total. The molecule has 1 atom stereocenters. The Morgan fingerprint density at radius 3 is 2.56 bits per heavy atom. The van der Waals surface area contributed by atoms with Gasteiger partial charge in [-0.25, -0.2) is 0 Å². The first kappa shape index (κ1) is 9.15. The zero-order valence-electron chi connectivity index (χ0n) is 8.42. The third kappa shape index (κ3) is 1.16. The molecular formula is C12H9NO3. The van der Waals surface area contributed by atoms with Gasteiger partial charge in [0.25, 0.3) is 11.8 Å². The van der Waals surface area contributed by atoms with Gasteiger partial charge in [0, 0.05) is 17.7 Å². The van der Waals surface area contributed by atoms with Gasteiger partial charge < -0.3 is 4.74 Å². The molecule has 0 radical (unpaired) electrons. The highest BCUT2D eigenvalue weighted by Crippen LogP contribution is 2.36. The minimum atomic E-state index is -0.286. The Morgan fingerprint density at radius 2 is 1.81 bits per heavy atom. The summed E-state index contributed by atoms with van der Waals surface area (Å²) in [6, 6.07) is 7.18. The maximum Gasteiger partial charge on any atom is 0.254 e. The van der Waals surface area contributed by atoms with Gasteiger partial charge in [-0.15, -0.1) is 0 Å². The van der Waals surface area contributed by atoms with Crippen molar-refractivity contribution in [2.45, 2.75) is 6.04 Å². The predicted molar refractivity (Wildman–Crippen MR) is 55.7 cm³/mol. The van der Waals surface area contributed by atoms with E-state index in [1.807, 2.05) is 24.3 Å². The van der Waals surface area contributed by atoms with E-state index in [2.05, 4.69) is 0 Å². The SMILES string of the molecule is O=C1C=CC(=O)N1C1COc2ccccc21. The summed E-state index contributed by atoms with van der Waals surface area (Å²) >= 11 is 0. The van der Waals surface area contributed by atoms with Crippen molar-refractivity contribution in [1.82, 2.24) is 4.90 Å². The third-order valence-electron chi connectivity index (χ3n) is 2.83. The molecule has 1 aromatic carbocycles. The zero-order valence-corrected chi connectivity index (χ0v) is 8.42. The molecule has 0 saturated carbocycles. The Morgan fingerprint density at radius 1 is 1.12 bits per heavy atom. The molecule has 0 aromatic heterocycles. The van der Waals surface area contributed by atoms with Gasteiger partial charge in [-0.1, -0.05) is 18.2 Å². The number of nitrogens with zero attached hydrogens (tertiary/aromatic N) is 1. The molecule has 0 bridgehead atoms. The number of imide groups is 1. The Bertz CT molecular complexity index is 489. The van der Waals surface area contributed by atoms with E-state index in [1.54, 1.807) is 0 Å². The number of benzene rings is 1. The number of para-hydroxylation sites is 1. The van der Waals surface area contributed by atoms with Crippen molar-refractivity contribution in [3.05, 3.63) is 42.0 Å².